The summed E-state index contributed by atoms with van der Waals surface area (Å²) in [5.41, 5.74) is 0.139. The molecule has 0 aliphatic carbocycles. The first-order chi connectivity index (χ1) is 5.38. The Morgan fingerprint density at radius 3 is 2.42 bits per heavy atom. The van der Waals surface area contributed by atoms with Crippen molar-refractivity contribution in [3.63, 3.8) is 0 Å². The molecule has 1 atom stereocenters. The molecule has 0 amide bonds. The van der Waals surface area contributed by atoms with E-state index in [9.17, 15) is 10.2 Å². The highest BCUT2D eigenvalue weighted by molar-refractivity contribution is 5.00. The third-order valence-electron chi connectivity index (χ3n) is 1.98. The molecule has 2 nitrogen and oxygen atoms in total. The molecule has 1 unspecified atom stereocenters. The number of hydrogen-bond donors (Lipinski definition) is 2. The fourth-order valence-electron chi connectivity index (χ4n) is 0.820. The molecular formula is C10H19O2. The number of hydrogen-bond acceptors (Lipinski definition) is 2. The van der Waals surface area contributed by atoms with Gasteiger partial charge in [-0.05, 0) is 40.5 Å². The van der Waals surface area contributed by atoms with Crippen molar-refractivity contribution in [2.75, 3.05) is 0 Å². The molecule has 0 rings (SSSR count). The van der Waals surface area contributed by atoms with Crippen LogP contribution in [-0.4, -0.2) is 21.9 Å². The van der Waals surface area contributed by atoms with E-state index in [4.69, 9.17) is 0 Å². The zero-order chi connectivity index (χ0) is 9.78. The van der Waals surface area contributed by atoms with Crippen LogP contribution in [0, 0.1) is 6.92 Å². The van der Waals surface area contributed by atoms with Gasteiger partial charge in [-0.25, -0.2) is 0 Å². The van der Waals surface area contributed by atoms with E-state index >= 15 is 0 Å². The van der Waals surface area contributed by atoms with Crippen molar-refractivity contribution in [1.82, 2.24) is 0 Å². The average Bonchev–Trinajstić information content (AvgIpc) is 1.97. The summed E-state index contributed by atoms with van der Waals surface area (Å²) in [5.74, 6) is 0. The Hall–Kier alpha value is -0.340. The molecule has 0 fully saturated rings. The van der Waals surface area contributed by atoms with Crippen LogP contribution in [0.25, 0.3) is 0 Å². The van der Waals surface area contributed by atoms with Gasteiger partial charge in [0.2, 0.25) is 0 Å². The van der Waals surface area contributed by atoms with Crippen LogP contribution in [0.15, 0.2) is 11.6 Å². The van der Waals surface area contributed by atoms with Gasteiger partial charge in [0.05, 0.1) is 11.7 Å². The van der Waals surface area contributed by atoms with E-state index in [-0.39, 0.29) is 0 Å². The second kappa shape index (κ2) is 4.63. The highest BCUT2D eigenvalue weighted by Crippen LogP contribution is 2.15. The highest BCUT2D eigenvalue weighted by atomic mass is 16.3. The first kappa shape index (κ1) is 11.7. The predicted molar refractivity (Wildman–Crippen MR) is 50.7 cm³/mol. The molecule has 0 aromatic carbocycles. The molecule has 0 spiro atoms. The van der Waals surface area contributed by atoms with Crippen LogP contribution in [0.2, 0.25) is 0 Å². The monoisotopic (exact) mass is 171 g/mol. The summed E-state index contributed by atoms with van der Waals surface area (Å²) in [7, 11) is 0. The lowest BCUT2D eigenvalue weighted by Gasteiger charge is -2.24. The van der Waals surface area contributed by atoms with E-state index in [1.807, 2.05) is 6.92 Å². The zero-order valence-corrected chi connectivity index (χ0v) is 8.17. The van der Waals surface area contributed by atoms with E-state index in [2.05, 4.69) is 6.92 Å². The molecule has 0 aromatic rings. The molecular weight excluding hydrogens is 152 g/mol. The standard InChI is InChI=1S/C10H19O2/c1-5-8(2)6-7-9(11)10(3,4)12/h5,9,11-12H,1,6-7H2,2-4H3. The van der Waals surface area contributed by atoms with Crippen LogP contribution in [-0.2, 0) is 0 Å². The van der Waals surface area contributed by atoms with Crippen molar-refractivity contribution in [1.29, 1.82) is 0 Å². The number of aliphatic hydroxyl groups excluding tert-OH is 1. The predicted octanol–water partition coefficient (Wildman–Crippen LogP) is 1.68. The maximum atomic E-state index is 9.43. The molecule has 1 radical (unpaired) electrons. The Morgan fingerprint density at radius 2 is 2.08 bits per heavy atom. The molecule has 0 aliphatic rings. The summed E-state index contributed by atoms with van der Waals surface area (Å²) in [5, 5.41) is 18.8. The van der Waals surface area contributed by atoms with Crippen molar-refractivity contribution in [2.24, 2.45) is 0 Å². The Kier molecular flexibility index (Phi) is 4.50. The summed E-state index contributed by atoms with van der Waals surface area (Å²) in [6.45, 7) is 8.81. The summed E-state index contributed by atoms with van der Waals surface area (Å²) >= 11 is 0. The van der Waals surface area contributed by atoms with Gasteiger partial charge in [-0.15, -0.1) is 0 Å². The van der Waals surface area contributed by atoms with Gasteiger partial charge in [0.1, 0.15) is 0 Å². The minimum atomic E-state index is -0.999. The summed E-state index contributed by atoms with van der Waals surface area (Å²) in [4.78, 5) is 0. The first-order valence-electron chi connectivity index (χ1n) is 4.23. The van der Waals surface area contributed by atoms with Gasteiger partial charge in [-0.3, -0.25) is 0 Å². The summed E-state index contributed by atoms with van der Waals surface area (Å²) < 4.78 is 0. The Morgan fingerprint density at radius 1 is 1.58 bits per heavy atom. The molecule has 0 aliphatic heterocycles. The minimum Gasteiger partial charge on any atom is -0.390 e. The van der Waals surface area contributed by atoms with E-state index in [1.54, 1.807) is 19.9 Å². The van der Waals surface area contributed by atoms with E-state index in [1.165, 1.54) is 0 Å². The van der Waals surface area contributed by atoms with Gasteiger partial charge in [0, 0.05) is 0 Å². The first-order valence-corrected chi connectivity index (χ1v) is 4.23. The van der Waals surface area contributed by atoms with E-state index in [0.29, 0.717) is 6.42 Å². The van der Waals surface area contributed by atoms with Gasteiger partial charge in [-0.2, -0.15) is 0 Å². The number of rotatable bonds is 4. The zero-order valence-electron chi connectivity index (χ0n) is 8.17. The fourth-order valence-corrected chi connectivity index (χ4v) is 0.820. The molecule has 71 valence electrons. The largest absolute Gasteiger partial charge is 0.390 e. The third-order valence-corrected chi connectivity index (χ3v) is 1.98. The Labute approximate surface area is 74.9 Å². The maximum absolute atomic E-state index is 9.43. The van der Waals surface area contributed by atoms with Crippen LogP contribution < -0.4 is 0 Å². The van der Waals surface area contributed by atoms with Crippen molar-refractivity contribution in [3.05, 3.63) is 18.6 Å². The molecule has 0 saturated carbocycles. The molecule has 0 saturated heterocycles. The van der Waals surface area contributed by atoms with Crippen LogP contribution in [0.3, 0.4) is 0 Å². The van der Waals surface area contributed by atoms with Crippen molar-refractivity contribution in [2.45, 2.75) is 45.3 Å². The lowest BCUT2D eigenvalue weighted by Crippen LogP contribution is -2.35. The average molecular weight is 171 g/mol. The highest BCUT2D eigenvalue weighted by Gasteiger charge is 2.23. The minimum absolute atomic E-state index is 0.585. The molecule has 12 heavy (non-hydrogen) atoms. The quantitative estimate of drug-likeness (QED) is 0.675. The van der Waals surface area contributed by atoms with Gasteiger partial charge in [0.15, 0.2) is 0 Å². The van der Waals surface area contributed by atoms with Crippen molar-refractivity contribution < 1.29 is 10.2 Å². The lowest BCUT2D eigenvalue weighted by molar-refractivity contribution is -0.0509. The van der Waals surface area contributed by atoms with Crippen LogP contribution in [0.4, 0.5) is 0 Å². The number of allylic oxidation sites excluding steroid dienone is 2. The third kappa shape index (κ3) is 4.52. The van der Waals surface area contributed by atoms with Crippen LogP contribution >= 0.6 is 0 Å². The molecule has 2 heteroatoms. The van der Waals surface area contributed by atoms with Gasteiger partial charge in [0.25, 0.3) is 0 Å². The molecule has 0 heterocycles. The second-order valence-corrected chi connectivity index (χ2v) is 3.76. The second-order valence-electron chi connectivity index (χ2n) is 3.76. The smallest absolute Gasteiger partial charge is 0.0849 e. The van der Waals surface area contributed by atoms with Gasteiger partial charge >= 0.3 is 0 Å². The van der Waals surface area contributed by atoms with Gasteiger partial charge < -0.3 is 10.2 Å². The van der Waals surface area contributed by atoms with Gasteiger partial charge in [-0.1, -0.05) is 11.6 Å². The maximum Gasteiger partial charge on any atom is 0.0849 e. The van der Waals surface area contributed by atoms with E-state index in [0.717, 1.165) is 12.0 Å². The molecule has 2 N–H and O–H groups in total. The van der Waals surface area contributed by atoms with Crippen LogP contribution in [0.1, 0.15) is 33.6 Å². The lowest BCUT2D eigenvalue weighted by atomic mass is 9.96. The summed E-state index contributed by atoms with van der Waals surface area (Å²) in [6, 6.07) is 0. The summed E-state index contributed by atoms with van der Waals surface area (Å²) in [6.07, 6.45) is 2.49. The topological polar surface area (TPSA) is 40.5 Å². The fraction of sp³-hybridized carbons (Fsp3) is 0.700. The van der Waals surface area contributed by atoms with Crippen molar-refractivity contribution >= 4 is 0 Å². The Bertz CT molecular complexity index is 154. The normalized spacial score (nSPS) is 16.3. The Balaban J connectivity index is 3.80. The SMILES string of the molecule is [CH2]C=C(C)CCC(O)C(C)(C)O. The number of aliphatic hydroxyl groups is 2. The van der Waals surface area contributed by atoms with Crippen molar-refractivity contribution in [3.8, 4) is 0 Å². The molecule has 0 bridgehead atoms. The van der Waals surface area contributed by atoms with Crippen LogP contribution in [0.5, 0.6) is 0 Å². The van der Waals surface area contributed by atoms with E-state index < -0.39 is 11.7 Å². The molecule has 0 aromatic heterocycles.